The van der Waals surface area contributed by atoms with Gasteiger partial charge < -0.3 is 14.5 Å². The summed E-state index contributed by atoms with van der Waals surface area (Å²) in [5.41, 5.74) is 1.20. The number of benzene rings is 1. The monoisotopic (exact) mass is 234 g/mol. The Morgan fingerprint density at radius 2 is 1.76 bits per heavy atom. The van der Waals surface area contributed by atoms with E-state index >= 15 is 0 Å². The molecule has 0 N–H and O–H groups in total. The molecule has 1 aliphatic rings. The third kappa shape index (κ3) is 2.90. The fraction of sp³-hybridized carbons (Fsp3) is 0.462. The Balaban J connectivity index is 2.00. The van der Waals surface area contributed by atoms with Gasteiger partial charge in [0.2, 0.25) is 0 Å². The van der Waals surface area contributed by atoms with Gasteiger partial charge in [-0.05, 0) is 37.1 Å². The fourth-order valence-corrected chi connectivity index (χ4v) is 1.89. The van der Waals surface area contributed by atoms with Crippen LogP contribution in [0.25, 0.3) is 0 Å². The summed E-state index contributed by atoms with van der Waals surface area (Å²) in [5, 5.41) is 0. The van der Waals surface area contributed by atoms with Gasteiger partial charge in [0, 0.05) is 32.9 Å². The Kier molecular flexibility index (Phi) is 3.52. The number of ether oxygens (including phenoxy) is 1. The lowest BCUT2D eigenvalue weighted by Gasteiger charge is -2.18. The van der Waals surface area contributed by atoms with E-state index < -0.39 is 0 Å². The Labute approximate surface area is 102 Å². The molecule has 2 rings (SSSR count). The highest BCUT2D eigenvalue weighted by atomic mass is 16.6. The molecule has 1 aromatic carbocycles. The highest BCUT2D eigenvalue weighted by molar-refractivity contribution is 5.70. The average molecular weight is 234 g/mol. The maximum Gasteiger partial charge on any atom is 0.414 e. The Hall–Kier alpha value is -1.71. The van der Waals surface area contributed by atoms with Gasteiger partial charge >= 0.3 is 6.09 Å². The maximum atomic E-state index is 11.3. The molecule has 0 spiro atoms. The maximum absolute atomic E-state index is 11.3. The molecule has 4 heteroatoms. The van der Waals surface area contributed by atoms with Crippen LogP contribution in [0.2, 0.25) is 0 Å². The van der Waals surface area contributed by atoms with E-state index in [9.17, 15) is 4.79 Å². The van der Waals surface area contributed by atoms with Crippen LogP contribution in [0.5, 0.6) is 5.75 Å². The number of amides is 1. The fourth-order valence-electron chi connectivity index (χ4n) is 1.89. The highest BCUT2D eigenvalue weighted by Crippen LogP contribution is 2.23. The molecule has 92 valence electrons. The molecule has 0 radical (unpaired) electrons. The van der Waals surface area contributed by atoms with Crippen molar-refractivity contribution in [3.8, 4) is 5.75 Å². The summed E-state index contributed by atoms with van der Waals surface area (Å²) in [6.07, 6.45) is 2.17. The summed E-state index contributed by atoms with van der Waals surface area (Å²) in [4.78, 5) is 15.1. The Morgan fingerprint density at radius 3 is 2.29 bits per heavy atom. The molecule has 1 heterocycles. The minimum atomic E-state index is -0.348. The average Bonchev–Trinajstić information content (AvgIpc) is 2.83. The number of anilines is 1. The van der Waals surface area contributed by atoms with Crippen molar-refractivity contribution < 1.29 is 9.53 Å². The van der Waals surface area contributed by atoms with E-state index in [0.29, 0.717) is 5.75 Å². The zero-order valence-electron chi connectivity index (χ0n) is 10.3. The standard InChI is InChI=1S/C13H18N2O2/c1-14(2)13(16)17-12-7-5-11(6-8-12)15-9-3-4-10-15/h5-8H,3-4,9-10H2,1-2H3. The molecule has 1 amide bonds. The molecule has 0 unspecified atom stereocenters. The molecular formula is C13H18N2O2. The van der Waals surface area contributed by atoms with Gasteiger partial charge in [0.1, 0.15) is 5.75 Å². The van der Waals surface area contributed by atoms with Gasteiger partial charge in [0.05, 0.1) is 0 Å². The largest absolute Gasteiger partial charge is 0.414 e. The predicted octanol–water partition coefficient (Wildman–Crippen LogP) is 2.35. The summed E-state index contributed by atoms with van der Waals surface area (Å²) in [6.45, 7) is 2.24. The zero-order chi connectivity index (χ0) is 12.3. The number of rotatable bonds is 2. The minimum absolute atomic E-state index is 0.348. The van der Waals surface area contributed by atoms with Crippen molar-refractivity contribution in [3.05, 3.63) is 24.3 Å². The summed E-state index contributed by atoms with van der Waals surface area (Å²) < 4.78 is 5.16. The lowest BCUT2D eigenvalue weighted by molar-refractivity contribution is 0.172. The van der Waals surface area contributed by atoms with Crippen molar-refractivity contribution in [2.45, 2.75) is 12.8 Å². The van der Waals surface area contributed by atoms with Crippen LogP contribution >= 0.6 is 0 Å². The zero-order valence-corrected chi connectivity index (χ0v) is 10.3. The summed E-state index contributed by atoms with van der Waals surface area (Å²) >= 11 is 0. The minimum Gasteiger partial charge on any atom is -0.410 e. The number of hydrogen-bond donors (Lipinski definition) is 0. The van der Waals surface area contributed by atoms with Gasteiger partial charge in [-0.25, -0.2) is 4.79 Å². The van der Waals surface area contributed by atoms with E-state index in [1.807, 2.05) is 24.3 Å². The topological polar surface area (TPSA) is 32.8 Å². The number of carbonyl (C=O) groups excluding carboxylic acids is 1. The first-order valence-corrected chi connectivity index (χ1v) is 5.91. The highest BCUT2D eigenvalue weighted by Gasteiger charge is 2.12. The van der Waals surface area contributed by atoms with E-state index in [1.54, 1.807) is 14.1 Å². The SMILES string of the molecule is CN(C)C(=O)Oc1ccc(N2CCCC2)cc1. The van der Waals surface area contributed by atoms with E-state index in [2.05, 4.69) is 4.90 Å². The molecule has 0 saturated carbocycles. The molecule has 0 atom stereocenters. The van der Waals surface area contributed by atoms with Crippen LogP contribution in [0, 0.1) is 0 Å². The van der Waals surface area contributed by atoms with Gasteiger partial charge in [-0.3, -0.25) is 0 Å². The first-order valence-electron chi connectivity index (χ1n) is 5.91. The van der Waals surface area contributed by atoms with Crippen LogP contribution in [0.1, 0.15) is 12.8 Å². The van der Waals surface area contributed by atoms with Crippen molar-refractivity contribution in [1.29, 1.82) is 0 Å². The van der Waals surface area contributed by atoms with E-state index in [0.717, 1.165) is 13.1 Å². The van der Waals surface area contributed by atoms with Crippen LogP contribution < -0.4 is 9.64 Å². The molecule has 1 aliphatic heterocycles. The summed E-state index contributed by atoms with van der Waals surface area (Å²) in [6, 6.07) is 7.69. The van der Waals surface area contributed by atoms with Crippen molar-refractivity contribution in [2.24, 2.45) is 0 Å². The lowest BCUT2D eigenvalue weighted by atomic mass is 10.3. The van der Waals surface area contributed by atoms with Gasteiger partial charge in [0.15, 0.2) is 0 Å². The smallest absolute Gasteiger partial charge is 0.410 e. The lowest BCUT2D eigenvalue weighted by Crippen LogP contribution is -2.25. The summed E-state index contributed by atoms with van der Waals surface area (Å²) in [5.74, 6) is 0.589. The van der Waals surface area contributed by atoms with Gasteiger partial charge in [0.25, 0.3) is 0 Å². The van der Waals surface area contributed by atoms with Crippen LogP contribution in [0.15, 0.2) is 24.3 Å². The molecule has 0 aromatic heterocycles. The molecule has 0 bridgehead atoms. The van der Waals surface area contributed by atoms with Crippen LogP contribution in [-0.4, -0.2) is 38.2 Å². The van der Waals surface area contributed by atoms with E-state index in [-0.39, 0.29) is 6.09 Å². The number of hydrogen-bond acceptors (Lipinski definition) is 3. The normalized spacial score (nSPS) is 14.8. The Bertz CT molecular complexity index is 381. The van der Waals surface area contributed by atoms with Gasteiger partial charge in [-0.15, -0.1) is 0 Å². The van der Waals surface area contributed by atoms with Crippen molar-refractivity contribution in [1.82, 2.24) is 4.90 Å². The molecule has 0 aliphatic carbocycles. The predicted molar refractivity (Wildman–Crippen MR) is 67.6 cm³/mol. The van der Waals surface area contributed by atoms with E-state index in [1.165, 1.54) is 23.4 Å². The van der Waals surface area contributed by atoms with Crippen molar-refractivity contribution in [2.75, 3.05) is 32.1 Å². The van der Waals surface area contributed by atoms with Crippen LogP contribution in [0.3, 0.4) is 0 Å². The van der Waals surface area contributed by atoms with Gasteiger partial charge in [-0.2, -0.15) is 0 Å². The third-order valence-corrected chi connectivity index (χ3v) is 2.88. The van der Waals surface area contributed by atoms with E-state index in [4.69, 9.17) is 4.74 Å². The third-order valence-electron chi connectivity index (χ3n) is 2.88. The number of nitrogens with zero attached hydrogens (tertiary/aromatic N) is 2. The first kappa shape index (κ1) is 11.8. The molecule has 1 aromatic rings. The Morgan fingerprint density at radius 1 is 1.18 bits per heavy atom. The van der Waals surface area contributed by atoms with Crippen molar-refractivity contribution >= 4 is 11.8 Å². The molecular weight excluding hydrogens is 216 g/mol. The molecule has 4 nitrogen and oxygen atoms in total. The molecule has 1 fully saturated rings. The van der Waals surface area contributed by atoms with Gasteiger partial charge in [-0.1, -0.05) is 0 Å². The first-order chi connectivity index (χ1) is 8.16. The van der Waals surface area contributed by atoms with Crippen LogP contribution in [0.4, 0.5) is 10.5 Å². The second-order valence-corrected chi connectivity index (χ2v) is 4.45. The quantitative estimate of drug-likeness (QED) is 0.787. The second-order valence-electron chi connectivity index (χ2n) is 4.45. The summed E-state index contributed by atoms with van der Waals surface area (Å²) in [7, 11) is 3.34. The van der Waals surface area contributed by atoms with Crippen LogP contribution in [-0.2, 0) is 0 Å². The molecule has 1 saturated heterocycles. The second kappa shape index (κ2) is 5.08. The van der Waals surface area contributed by atoms with Crippen molar-refractivity contribution in [3.63, 3.8) is 0 Å². The molecule has 17 heavy (non-hydrogen) atoms. The number of carbonyl (C=O) groups is 1.